The first-order valence-electron chi connectivity index (χ1n) is 5.19. The third-order valence-corrected chi connectivity index (χ3v) is 3.30. The normalized spacial score (nSPS) is 10.2. The first-order valence-corrected chi connectivity index (χ1v) is 5.98. The maximum atomic E-state index is 11.5. The second kappa shape index (κ2) is 5.19. The zero-order chi connectivity index (χ0) is 12.3. The van der Waals surface area contributed by atoms with Gasteiger partial charge < -0.3 is 9.30 Å². The Labute approximate surface area is 108 Å². The Kier molecular flexibility index (Phi) is 3.64. The van der Waals surface area contributed by atoms with Gasteiger partial charge >= 0.3 is 5.97 Å². The van der Waals surface area contributed by atoms with Crippen LogP contribution in [0.5, 0.6) is 0 Å². The summed E-state index contributed by atoms with van der Waals surface area (Å²) in [6.07, 6.45) is 1.87. The molecule has 0 aliphatic carbocycles. The van der Waals surface area contributed by atoms with Gasteiger partial charge in [-0.2, -0.15) is 0 Å². The number of hydrogen-bond acceptors (Lipinski definition) is 2. The number of halogens is 1. The van der Waals surface area contributed by atoms with Crippen LogP contribution in [-0.2, 0) is 11.3 Å². The molecule has 2 aromatic rings. The van der Waals surface area contributed by atoms with E-state index in [4.69, 9.17) is 4.74 Å². The molecule has 0 unspecified atom stereocenters. The van der Waals surface area contributed by atoms with E-state index in [0.717, 1.165) is 10.0 Å². The molecule has 0 aliphatic heterocycles. The highest BCUT2D eigenvalue weighted by Gasteiger charge is 2.11. The van der Waals surface area contributed by atoms with Gasteiger partial charge in [0, 0.05) is 17.2 Å². The lowest BCUT2D eigenvalue weighted by Crippen LogP contribution is -2.10. The van der Waals surface area contributed by atoms with E-state index in [1.54, 1.807) is 6.07 Å². The van der Waals surface area contributed by atoms with E-state index >= 15 is 0 Å². The van der Waals surface area contributed by atoms with E-state index in [2.05, 4.69) is 15.9 Å². The zero-order valence-electron chi connectivity index (χ0n) is 9.39. The summed E-state index contributed by atoms with van der Waals surface area (Å²) in [5, 5.41) is 0. The van der Waals surface area contributed by atoms with E-state index in [0.29, 0.717) is 12.2 Å². The lowest BCUT2D eigenvalue weighted by atomic mass is 10.2. The van der Waals surface area contributed by atoms with Crippen molar-refractivity contribution >= 4 is 21.9 Å². The highest BCUT2D eigenvalue weighted by molar-refractivity contribution is 9.10. The molecule has 0 atom stereocenters. The third-order valence-electron chi connectivity index (χ3n) is 2.52. The number of carbonyl (C=O) groups excluding carboxylic acids is 1. The molecule has 3 nitrogen and oxygen atoms in total. The summed E-state index contributed by atoms with van der Waals surface area (Å²) in [7, 11) is 1.39. The average molecular weight is 294 g/mol. The fourth-order valence-corrected chi connectivity index (χ4v) is 2.06. The van der Waals surface area contributed by atoms with Crippen LogP contribution in [0.25, 0.3) is 0 Å². The van der Waals surface area contributed by atoms with Crippen molar-refractivity contribution in [3.8, 4) is 0 Å². The monoisotopic (exact) mass is 293 g/mol. The van der Waals surface area contributed by atoms with Gasteiger partial charge in [0.15, 0.2) is 0 Å². The number of esters is 1. The highest BCUT2D eigenvalue weighted by atomic mass is 79.9. The van der Waals surface area contributed by atoms with Crippen LogP contribution in [0.15, 0.2) is 47.1 Å². The Balaban J connectivity index is 2.28. The zero-order valence-corrected chi connectivity index (χ0v) is 11.0. The van der Waals surface area contributed by atoms with Gasteiger partial charge in [-0.3, -0.25) is 0 Å². The number of hydrogen-bond donors (Lipinski definition) is 0. The van der Waals surface area contributed by atoms with Gasteiger partial charge in [-0.1, -0.05) is 34.1 Å². The molecule has 1 aromatic heterocycles. The molecule has 0 radical (unpaired) electrons. The van der Waals surface area contributed by atoms with Crippen LogP contribution in [0.4, 0.5) is 0 Å². The van der Waals surface area contributed by atoms with Crippen molar-refractivity contribution in [2.24, 2.45) is 0 Å². The SMILES string of the molecule is COC(=O)c1cccn1Cc1ccccc1Br. The van der Waals surface area contributed by atoms with Gasteiger partial charge in [0.05, 0.1) is 7.11 Å². The van der Waals surface area contributed by atoms with Crippen LogP contribution in [-0.4, -0.2) is 17.6 Å². The second-order valence-electron chi connectivity index (χ2n) is 3.60. The molecular weight excluding hydrogens is 282 g/mol. The largest absolute Gasteiger partial charge is 0.464 e. The van der Waals surface area contributed by atoms with Gasteiger partial charge in [0.2, 0.25) is 0 Å². The summed E-state index contributed by atoms with van der Waals surface area (Å²) in [5.74, 6) is -0.318. The fourth-order valence-electron chi connectivity index (χ4n) is 1.65. The molecule has 0 N–H and O–H groups in total. The van der Waals surface area contributed by atoms with Gasteiger partial charge in [0.25, 0.3) is 0 Å². The van der Waals surface area contributed by atoms with E-state index < -0.39 is 0 Å². The standard InChI is InChI=1S/C13H12BrNO2/c1-17-13(16)12-7-4-8-15(12)9-10-5-2-3-6-11(10)14/h2-8H,9H2,1H3. The molecule has 0 amide bonds. The van der Waals surface area contributed by atoms with Gasteiger partial charge in [-0.15, -0.1) is 0 Å². The first-order chi connectivity index (χ1) is 8.22. The number of rotatable bonds is 3. The fraction of sp³-hybridized carbons (Fsp3) is 0.154. The minimum absolute atomic E-state index is 0.318. The van der Waals surface area contributed by atoms with Crippen LogP contribution in [0, 0.1) is 0 Å². The number of aromatic nitrogens is 1. The van der Waals surface area contributed by atoms with Crippen LogP contribution in [0.2, 0.25) is 0 Å². The molecule has 0 saturated carbocycles. The molecule has 0 spiro atoms. The van der Waals surface area contributed by atoms with Crippen molar-refractivity contribution in [2.75, 3.05) is 7.11 Å². The third kappa shape index (κ3) is 2.58. The smallest absolute Gasteiger partial charge is 0.354 e. The predicted molar refractivity (Wildman–Crippen MR) is 69.0 cm³/mol. The van der Waals surface area contributed by atoms with Crippen molar-refractivity contribution in [1.29, 1.82) is 0 Å². The Morgan fingerprint density at radius 2 is 2.06 bits per heavy atom. The average Bonchev–Trinajstić information content (AvgIpc) is 2.79. The summed E-state index contributed by atoms with van der Waals surface area (Å²) in [6, 6.07) is 11.5. The Bertz CT molecular complexity index is 534. The summed E-state index contributed by atoms with van der Waals surface area (Å²) in [5.41, 5.74) is 1.68. The first kappa shape index (κ1) is 11.9. The number of benzene rings is 1. The lowest BCUT2D eigenvalue weighted by Gasteiger charge is -2.09. The van der Waals surface area contributed by atoms with Gasteiger partial charge in [-0.05, 0) is 23.8 Å². The molecule has 2 rings (SSSR count). The molecular formula is C13H12BrNO2. The molecule has 0 bridgehead atoms. The Hall–Kier alpha value is -1.55. The number of carbonyl (C=O) groups is 1. The molecule has 0 aliphatic rings. The van der Waals surface area contributed by atoms with Crippen molar-refractivity contribution < 1.29 is 9.53 Å². The number of ether oxygens (including phenoxy) is 1. The highest BCUT2D eigenvalue weighted by Crippen LogP contribution is 2.18. The predicted octanol–water partition coefficient (Wildman–Crippen LogP) is 3.09. The van der Waals surface area contributed by atoms with E-state index in [9.17, 15) is 4.79 Å². The van der Waals surface area contributed by atoms with Crippen molar-refractivity contribution in [1.82, 2.24) is 4.57 Å². The summed E-state index contributed by atoms with van der Waals surface area (Å²) in [4.78, 5) is 11.5. The van der Waals surface area contributed by atoms with Crippen LogP contribution < -0.4 is 0 Å². The van der Waals surface area contributed by atoms with Crippen molar-refractivity contribution in [2.45, 2.75) is 6.54 Å². The molecule has 0 saturated heterocycles. The topological polar surface area (TPSA) is 31.2 Å². The summed E-state index contributed by atoms with van der Waals surface area (Å²) in [6.45, 7) is 0.638. The molecule has 1 aromatic carbocycles. The molecule has 1 heterocycles. The van der Waals surface area contributed by atoms with Gasteiger partial charge in [0.1, 0.15) is 5.69 Å². The number of nitrogens with zero attached hydrogens (tertiary/aromatic N) is 1. The van der Waals surface area contributed by atoms with Gasteiger partial charge in [-0.25, -0.2) is 4.79 Å². The second-order valence-corrected chi connectivity index (χ2v) is 4.46. The molecule has 0 fully saturated rings. The molecule has 88 valence electrons. The Morgan fingerprint density at radius 1 is 1.29 bits per heavy atom. The minimum atomic E-state index is -0.318. The maximum absolute atomic E-state index is 11.5. The molecule has 17 heavy (non-hydrogen) atoms. The van der Waals surface area contributed by atoms with E-state index in [-0.39, 0.29) is 5.97 Å². The lowest BCUT2D eigenvalue weighted by molar-refractivity contribution is 0.0589. The summed E-state index contributed by atoms with van der Waals surface area (Å²) >= 11 is 3.49. The number of methoxy groups -OCH3 is 1. The van der Waals surface area contributed by atoms with Crippen LogP contribution >= 0.6 is 15.9 Å². The van der Waals surface area contributed by atoms with E-state index in [1.807, 2.05) is 41.1 Å². The van der Waals surface area contributed by atoms with E-state index in [1.165, 1.54) is 7.11 Å². The minimum Gasteiger partial charge on any atom is -0.464 e. The molecule has 4 heteroatoms. The van der Waals surface area contributed by atoms with Crippen molar-refractivity contribution in [3.63, 3.8) is 0 Å². The quantitative estimate of drug-likeness (QED) is 0.815. The van der Waals surface area contributed by atoms with Crippen LogP contribution in [0.1, 0.15) is 16.1 Å². The summed E-state index contributed by atoms with van der Waals surface area (Å²) < 4.78 is 7.63. The van der Waals surface area contributed by atoms with Crippen molar-refractivity contribution in [3.05, 3.63) is 58.3 Å². The maximum Gasteiger partial charge on any atom is 0.354 e. The van der Waals surface area contributed by atoms with Crippen LogP contribution in [0.3, 0.4) is 0 Å². The Morgan fingerprint density at radius 3 is 2.76 bits per heavy atom.